The summed E-state index contributed by atoms with van der Waals surface area (Å²) in [6, 6.07) is 5.12. The largest absolute Gasteiger partial charge is 0.490 e. The molecule has 0 heterocycles. The first-order valence-electron chi connectivity index (χ1n) is 7.93. The summed E-state index contributed by atoms with van der Waals surface area (Å²) < 4.78 is 11.0. The van der Waals surface area contributed by atoms with Crippen molar-refractivity contribution in [3.63, 3.8) is 0 Å². The van der Waals surface area contributed by atoms with Gasteiger partial charge in [-0.1, -0.05) is 26.8 Å². The second kappa shape index (κ2) is 9.66. The fourth-order valence-electron chi connectivity index (χ4n) is 2.03. The lowest BCUT2D eigenvalue weighted by atomic mass is 10.0. The molecule has 0 aliphatic rings. The highest BCUT2D eigenvalue weighted by Crippen LogP contribution is 2.32. The van der Waals surface area contributed by atoms with Crippen molar-refractivity contribution in [2.75, 3.05) is 6.61 Å². The number of allylic oxidation sites excluding steroid dienone is 1. The third kappa shape index (κ3) is 6.14. The number of hydrogen-bond acceptors (Lipinski definition) is 4. The number of benzene rings is 1. The van der Waals surface area contributed by atoms with E-state index in [2.05, 4.69) is 0 Å². The number of esters is 1. The monoisotopic (exact) mass is 320 g/mol. The van der Waals surface area contributed by atoms with Gasteiger partial charge in [0.25, 0.3) is 0 Å². The molecule has 1 N–H and O–H groups in total. The van der Waals surface area contributed by atoms with Crippen LogP contribution >= 0.6 is 0 Å². The second-order valence-corrected chi connectivity index (χ2v) is 5.10. The molecule has 0 spiro atoms. The Hall–Kier alpha value is -2.30. The van der Waals surface area contributed by atoms with E-state index < -0.39 is 5.97 Å². The van der Waals surface area contributed by atoms with Gasteiger partial charge in [-0.15, -0.1) is 0 Å². The van der Waals surface area contributed by atoms with Gasteiger partial charge >= 0.3 is 11.9 Å². The molecule has 5 heteroatoms. The zero-order valence-electron chi connectivity index (χ0n) is 13.9. The van der Waals surface area contributed by atoms with Crippen LogP contribution in [0, 0.1) is 0 Å². The molecule has 0 bridgehead atoms. The van der Waals surface area contributed by atoms with E-state index in [-0.39, 0.29) is 5.97 Å². The molecule has 0 aliphatic heterocycles. The highest BCUT2D eigenvalue weighted by molar-refractivity contribution is 5.90. The van der Waals surface area contributed by atoms with E-state index >= 15 is 0 Å². The number of hydrogen-bond donors (Lipinski definition) is 1. The molecule has 1 rings (SSSR count). The van der Waals surface area contributed by atoms with Gasteiger partial charge in [-0.3, -0.25) is 4.79 Å². The molecule has 0 aromatic heterocycles. The maximum Gasteiger partial charge on any atom is 0.328 e. The van der Waals surface area contributed by atoms with E-state index in [1.807, 2.05) is 20.8 Å². The van der Waals surface area contributed by atoms with Crippen molar-refractivity contribution in [3.8, 4) is 11.5 Å². The predicted octanol–water partition coefficient (Wildman–Crippen LogP) is 4.06. The topological polar surface area (TPSA) is 72.8 Å². The Balaban J connectivity index is 3.13. The summed E-state index contributed by atoms with van der Waals surface area (Å²) >= 11 is 0. The van der Waals surface area contributed by atoms with Crippen molar-refractivity contribution in [1.29, 1.82) is 0 Å². The average Bonchev–Trinajstić information content (AvgIpc) is 2.51. The average molecular weight is 320 g/mol. The van der Waals surface area contributed by atoms with Crippen LogP contribution < -0.4 is 9.47 Å². The molecule has 0 saturated carbocycles. The van der Waals surface area contributed by atoms with Crippen molar-refractivity contribution in [3.05, 3.63) is 29.8 Å². The molecule has 0 unspecified atom stereocenters. The number of aliphatic carboxylic acids is 1. The Bertz CT molecular complexity index is 575. The Labute approximate surface area is 136 Å². The maximum absolute atomic E-state index is 11.7. The normalized spacial score (nSPS) is 11.2. The molecular formula is C18H24O5. The van der Waals surface area contributed by atoms with Crippen LogP contribution in [0.5, 0.6) is 11.5 Å². The summed E-state index contributed by atoms with van der Waals surface area (Å²) in [6.45, 7) is 6.26. The van der Waals surface area contributed by atoms with Crippen LogP contribution in [0.4, 0.5) is 0 Å². The van der Waals surface area contributed by atoms with Gasteiger partial charge in [0.05, 0.1) is 6.61 Å². The first-order valence-corrected chi connectivity index (χ1v) is 7.93. The van der Waals surface area contributed by atoms with Crippen molar-refractivity contribution in [1.82, 2.24) is 0 Å². The molecule has 1 aromatic rings. The van der Waals surface area contributed by atoms with Gasteiger partial charge in [0.2, 0.25) is 0 Å². The molecule has 0 fully saturated rings. The fourth-order valence-corrected chi connectivity index (χ4v) is 2.03. The van der Waals surface area contributed by atoms with Crippen LogP contribution in [-0.4, -0.2) is 23.7 Å². The lowest BCUT2D eigenvalue weighted by molar-refractivity contribution is -0.134. The molecule has 126 valence electrons. The van der Waals surface area contributed by atoms with Gasteiger partial charge in [-0.2, -0.15) is 0 Å². The van der Waals surface area contributed by atoms with Crippen molar-refractivity contribution in [2.24, 2.45) is 0 Å². The zero-order chi connectivity index (χ0) is 17.2. The van der Waals surface area contributed by atoms with E-state index in [0.29, 0.717) is 42.9 Å². The third-order valence-electron chi connectivity index (χ3n) is 3.13. The first-order chi connectivity index (χ1) is 11.0. The summed E-state index contributed by atoms with van der Waals surface area (Å²) in [4.78, 5) is 22.6. The zero-order valence-corrected chi connectivity index (χ0v) is 13.9. The summed E-state index contributed by atoms with van der Waals surface area (Å²) in [5.74, 6) is -0.473. The van der Waals surface area contributed by atoms with Crippen LogP contribution in [0.25, 0.3) is 5.57 Å². The third-order valence-corrected chi connectivity index (χ3v) is 3.13. The van der Waals surface area contributed by atoms with Gasteiger partial charge in [0.15, 0.2) is 11.5 Å². The summed E-state index contributed by atoms with van der Waals surface area (Å²) in [5.41, 5.74) is 1.43. The minimum Gasteiger partial charge on any atom is -0.490 e. The Morgan fingerprint density at radius 2 is 1.87 bits per heavy atom. The lowest BCUT2D eigenvalue weighted by Crippen LogP contribution is -2.09. The van der Waals surface area contributed by atoms with E-state index in [0.717, 1.165) is 12.0 Å². The molecule has 0 atom stereocenters. The van der Waals surface area contributed by atoms with Crippen LogP contribution in [-0.2, 0) is 9.59 Å². The number of carbonyl (C=O) groups excluding carboxylic acids is 1. The SMILES string of the molecule is CCCOc1cc(C(=CC(=O)O)CC)ccc1OC(=O)CCC. The standard InChI is InChI=1S/C18H24O5/c1-4-7-18(21)23-15-9-8-14(11-16(15)22-10-5-2)13(6-3)12-17(19)20/h8-9,11-12H,4-7,10H2,1-3H3,(H,19,20). The number of rotatable bonds is 9. The Morgan fingerprint density at radius 1 is 1.13 bits per heavy atom. The summed E-state index contributed by atoms with van der Waals surface area (Å²) in [5, 5.41) is 8.94. The van der Waals surface area contributed by atoms with Gasteiger partial charge in [-0.25, -0.2) is 4.79 Å². The summed E-state index contributed by atoms with van der Waals surface area (Å²) in [6.07, 6.45) is 3.63. The van der Waals surface area contributed by atoms with Crippen molar-refractivity contribution < 1.29 is 24.2 Å². The fraction of sp³-hybridized carbons (Fsp3) is 0.444. The first kappa shape index (κ1) is 18.7. The van der Waals surface area contributed by atoms with E-state index in [9.17, 15) is 9.59 Å². The van der Waals surface area contributed by atoms with Gasteiger partial charge < -0.3 is 14.6 Å². The highest BCUT2D eigenvalue weighted by atomic mass is 16.6. The molecule has 23 heavy (non-hydrogen) atoms. The van der Waals surface area contributed by atoms with E-state index in [4.69, 9.17) is 14.6 Å². The number of carbonyl (C=O) groups is 2. The number of ether oxygens (including phenoxy) is 2. The smallest absolute Gasteiger partial charge is 0.328 e. The Kier molecular flexibility index (Phi) is 7.88. The van der Waals surface area contributed by atoms with Crippen LogP contribution in [0.3, 0.4) is 0 Å². The second-order valence-electron chi connectivity index (χ2n) is 5.10. The van der Waals surface area contributed by atoms with Crippen LogP contribution in [0.2, 0.25) is 0 Å². The molecular weight excluding hydrogens is 296 g/mol. The Morgan fingerprint density at radius 3 is 2.43 bits per heavy atom. The number of carboxylic acids is 1. The van der Waals surface area contributed by atoms with Gasteiger partial charge in [0, 0.05) is 12.5 Å². The quantitative estimate of drug-likeness (QED) is 0.422. The molecule has 1 aromatic carbocycles. The van der Waals surface area contributed by atoms with Gasteiger partial charge in [-0.05, 0) is 42.5 Å². The minimum atomic E-state index is -0.990. The summed E-state index contributed by atoms with van der Waals surface area (Å²) in [7, 11) is 0. The van der Waals surface area contributed by atoms with Crippen molar-refractivity contribution in [2.45, 2.75) is 46.5 Å². The van der Waals surface area contributed by atoms with Gasteiger partial charge in [0.1, 0.15) is 0 Å². The highest BCUT2D eigenvalue weighted by Gasteiger charge is 2.13. The number of carboxylic acid groups (broad SMARTS) is 1. The van der Waals surface area contributed by atoms with Crippen LogP contribution in [0.15, 0.2) is 24.3 Å². The maximum atomic E-state index is 11.7. The molecule has 0 aliphatic carbocycles. The molecule has 5 nitrogen and oxygen atoms in total. The van der Waals surface area contributed by atoms with E-state index in [1.54, 1.807) is 18.2 Å². The molecule has 0 radical (unpaired) electrons. The molecule has 0 saturated heterocycles. The van der Waals surface area contributed by atoms with Crippen LogP contribution in [0.1, 0.15) is 52.0 Å². The predicted molar refractivity (Wildman–Crippen MR) is 88.7 cm³/mol. The minimum absolute atomic E-state index is 0.307. The van der Waals surface area contributed by atoms with E-state index in [1.165, 1.54) is 6.08 Å². The lowest BCUT2D eigenvalue weighted by Gasteiger charge is -2.13. The molecule has 0 amide bonds. The van der Waals surface area contributed by atoms with Crippen molar-refractivity contribution >= 4 is 17.5 Å².